The van der Waals surface area contributed by atoms with Crippen LogP contribution in [0.4, 0.5) is 34.1 Å². The van der Waals surface area contributed by atoms with Gasteiger partial charge in [-0.1, -0.05) is 157 Å². The van der Waals surface area contributed by atoms with Crippen molar-refractivity contribution >= 4 is 133 Å². The van der Waals surface area contributed by atoms with Gasteiger partial charge >= 0.3 is 0 Å². The van der Waals surface area contributed by atoms with Crippen molar-refractivity contribution in [2.45, 2.75) is 52.4 Å². The van der Waals surface area contributed by atoms with E-state index in [9.17, 15) is 0 Å². The molecule has 0 saturated carbocycles. The molecule has 0 spiro atoms. The minimum atomic E-state index is -0.0453. The van der Waals surface area contributed by atoms with Crippen molar-refractivity contribution in [1.29, 1.82) is 0 Å². The lowest BCUT2D eigenvalue weighted by atomic mass is 9.33. The summed E-state index contributed by atoms with van der Waals surface area (Å²) in [5, 5.41) is 10.4. The van der Waals surface area contributed by atoms with Crippen molar-refractivity contribution < 1.29 is 0 Å². The minimum Gasteiger partial charge on any atom is -0.311 e. The first-order valence-corrected chi connectivity index (χ1v) is 23.9. The predicted octanol–water partition coefficient (Wildman–Crippen LogP) is 14.7. The number of hydrogen-bond donors (Lipinski definition) is 0. The van der Waals surface area contributed by atoms with E-state index in [1.165, 1.54) is 132 Å². The van der Waals surface area contributed by atoms with E-state index in [1.807, 2.05) is 0 Å². The Labute approximate surface area is 389 Å². The summed E-state index contributed by atoms with van der Waals surface area (Å²) in [7, 11) is 0. The molecule has 0 bridgehead atoms. The second-order valence-electron chi connectivity index (χ2n) is 21.4. The van der Waals surface area contributed by atoms with Gasteiger partial charge in [0.25, 0.3) is 6.71 Å². The summed E-state index contributed by atoms with van der Waals surface area (Å²) in [6.07, 6.45) is 0. The number of nitrogens with zero attached hydrogens (tertiary/aromatic N) is 4. The zero-order valence-corrected chi connectivity index (χ0v) is 38.6. The fraction of sp³-hybridized carbons (Fsp3) is 0.129. The maximum Gasteiger partial charge on any atom is 0.252 e. The standard InChI is InChI=1S/C62H47BN4/c1-61(2,3)36-24-27-38(28-25-36)64-53-22-13-23-54-58(53)63(49-34-47-46-19-12-17-44-41-15-8-10-21-51(41)67(60(44)46)56(47)35-57(49)64)48-32-37(62(4,5)6)26-31-52(48)65(54)39-29-30-42-45-18-11-16-43-40-14-7-9-20-50(40)66(59(43)45)55(42)33-39/h7-35H,1-6H3. The molecule has 0 amide bonds. The summed E-state index contributed by atoms with van der Waals surface area (Å²) >= 11 is 0. The van der Waals surface area contributed by atoms with Crippen LogP contribution in [0, 0.1) is 0 Å². The van der Waals surface area contributed by atoms with E-state index in [-0.39, 0.29) is 17.5 Å². The molecule has 67 heavy (non-hydrogen) atoms. The molecule has 4 aromatic heterocycles. The van der Waals surface area contributed by atoms with Gasteiger partial charge in [0.2, 0.25) is 0 Å². The Morgan fingerprint density at radius 1 is 0.328 bits per heavy atom. The van der Waals surface area contributed by atoms with E-state index in [0.717, 1.165) is 5.69 Å². The van der Waals surface area contributed by atoms with Gasteiger partial charge in [0, 0.05) is 77.2 Å². The Hall–Kier alpha value is -7.76. The van der Waals surface area contributed by atoms with Gasteiger partial charge in [-0.3, -0.25) is 0 Å². The summed E-state index contributed by atoms with van der Waals surface area (Å²) in [4.78, 5) is 5.14. The Balaban J connectivity index is 1.05. The highest BCUT2D eigenvalue weighted by Gasteiger charge is 2.44. The lowest BCUT2D eigenvalue weighted by molar-refractivity contribution is 0.590. The van der Waals surface area contributed by atoms with E-state index >= 15 is 0 Å². The van der Waals surface area contributed by atoms with Gasteiger partial charge in [-0.05, 0) is 99.0 Å². The number of hydrogen-bond acceptors (Lipinski definition) is 2. The average Bonchev–Trinajstić information content (AvgIpc) is 4.06. The minimum absolute atomic E-state index is 0.00671. The third-order valence-electron chi connectivity index (χ3n) is 15.7. The molecule has 9 aromatic carbocycles. The van der Waals surface area contributed by atoms with Crippen molar-refractivity contribution in [2.75, 3.05) is 9.80 Å². The fourth-order valence-electron chi connectivity index (χ4n) is 12.6. The first kappa shape index (κ1) is 37.5. The molecular weight excluding hydrogens is 812 g/mol. The van der Waals surface area contributed by atoms with Crippen LogP contribution in [0.25, 0.3) is 76.2 Å². The summed E-state index contributed by atoms with van der Waals surface area (Å²) in [6, 6.07) is 67.5. The van der Waals surface area contributed by atoms with Crippen molar-refractivity contribution in [3.05, 3.63) is 187 Å². The number of para-hydroxylation sites is 4. The normalized spacial score (nSPS) is 14.0. The third-order valence-corrected chi connectivity index (χ3v) is 15.7. The molecule has 0 saturated heterocycles. The highest BCUT2D eigenvalue weighted by Crippen LogP contribution is 2.48. The number of fused-ring (bicyclic) bond motifs is 16. The van der Waals surface area contributed by atoms with Gasteiger partial charge in [-0.25, -0.2) is 0 Å². The number of aromatic nitrogens is 2. The van der Waals surface area contributed by atoms with Crippen LogP contribution in [0.2, 0.25) is 0 Å². The Bertz CT molecular complexity index is 4250. The molecule has 0 atom stereocenters. The summed E-state index contributed by atoms with van der Waals surface area (Å²) in [5.41, 5.74) is 21.5. The Kier molecular flexibility index (Phi) is 7.03. The molecule has 5 heteroatoms. The van der Waals surface area contributed by atoms with Gasteiger partial charge < -0.3 is 18.6 Å². The molecular formula is C62H47BN4. The average molecular weight is 859 g/mol. The third kappa shape index (κ3) is 4.78. The summed E-state index contributed by atoms with van der Waals surface area (Å²) in [5.74, 6) is 0. The molecule has 0 aliphatic carbocycles. The van der Waals surface area contributed by atoms with Crippen LogP contribution in [0.1, 0.15) is 52.7 Å². The summed E-state index contributed by atoms with van der Waals surface area (Å²) < 4.78 is 5.04. The monoisotopic (exact) mass is 858 g/mol. The van der Waals surface area contributed by atoms with Crippen LogP contribution in [-0.2, 0) is 10.8 Å². The first-order chi connectivity index (χ1) is 32.5. The van der Waals surface area contributed by atoms with Crippen molar-refractivity contribution in [3.8, 4) is 0 Å². The van der Waals surface area contributed by atoms with Gasteiger partial charge in [-0.15, -0.1) is 0 Å². The molecule has 6 heterocycles. The van der Waals surface area contributed by atoms with E-state index in [0.29, 0.717) is 0 Å². The second-order valence-corrected chi connectivity index (χ2v) is 21.4. The van der Waals surface area contributed by atoms with Crippen LogP contribution in [-0.4, -0.2) is 15.5 Å². The Morgan fingerprint density at radius 2 is 0.806 bits per heavy atom. The lowest BCUT2D eigenvalue weighted by Crippen LogP contribution is -2.61. The van der Waals surface area contributed by atoms with Crippen molar-refractivity contribution in [2.24, 2.45) is 0 Å². The van der Waals surface area contributed by atoms with Gasteiger partial charge in [-0.2, -0.15) is 0 Å². The molecule has 0 N–H and O–H groups in total. The maximum absolute atomic E-state index is 2.57. The number of benzene rings is 9. The molecule has 2 aliphatic rings. The second kappa shape index (κ2) is 12.6. The summed E-state index contributed by atoms with van der Waals surface area (Å²) in [6.45, 7) is 13.9. The smallest absolute Gasteiger partial charge is 0.252 e. The molecule has 0 unspecified atom stereocenters. The Morgan fingerprint density at radius 3 is 1.42 bits per heavy atom. The van der Waals surface area contributed by atoms with Gasteiger partial charge in [0.15, 0.2) is 0 Å². The van der Waals surface area contributed by atoms with E-state index in [4.69, 9.17) is 0 Å². The predicted molar refractivity (Wildman–Crippen MR) is 287 cm³/mol. The highest BCUT2D eigenvalue weighted by molar-refractivity contribution is 7.00. The fourth-order valence-corrected chi connectivity index (χ4v) is 12.6. The zero-order valence-electron chi connectivity index (χ0n) is 38.6. The molecule has 15 rings (SSSR count). The van der Waals surface area contributed by atoms with E-state index in [1.54, 1.807) is 0 Å². The van der Waals surface area contributed by atoms with E-state index < -0.39 is 0 Å². The topological polar surface area (TPSA) is 15.3 Å². The highest BCUT2D eigenvalue weighted by atomic mass is 15.2. The van der Waals surface area contributed by atoms with Crippen LogP contribution < -0.4 is 26.2 Å². The molecule has 0 fully saturated rings. The van der Waals surface area contributed by atoms with Crippen LogP contribution in [0.3, 0.4) is 0 Å². The van der Waals surface area contributed by atoms with Crippen molar-refractivity contribution in [3.63, 3.8) is 0 Å². The van der Waals surface area contributed by atoms with Crippen molar-refractivity contribution in [1.82, 2.24) is 8.80 Å². The molecule has 2 aliphatic heterocycles. The van der Waals surface area contributed by atoms with Crippen LogP contribution in [0.5, 0.6) is 0 Å². The van der Waals surface area contributed by atoms with Crippen LogP contribution >= 0.6 is 0 Å². The maximum atomic E-state index is 2.57. The first-order valence-electron chi connectivity index (χ1n) is 23.9. The van der Waals surface area contributed by atoms with Crippen LogP contribution in [0.15, 0.2) is 176 Å². The molecule has 318 valence electrons. The van der Waals surface area contributed by atoms with Gasteiger partial charge in [0.05, 0.1) is 33.1 Å². The molecule has 0 radical (unpaired) electrons. The lowest BCUT2D eigenvalue weighted by Gasteiger charge is -2.44. The quantitative estimate of drug-likeness (QED) is 0.161. The van der Waals surface area contributed by atoms with E-state index in [2.05, 4.69) is 236 Å². The zero-order chi connectivity index (χ0) is 44.8. The molecule has 13 aromatic rings. The largest absolute Gasteiger partial charge is 0.311 e. The number of anilines is 6. The van der Waals surface area contributed by atoms with Gasteiger partial charge in [0.1, 0.15) is 0 Å². The number of rotatable bonds is 2. The SMILES string of the molecule is CC(C)(C)c1ccc(N2c3cc4c(cc3B3c5cc(C(C)(C)C)ccc5N(c5ccc6c7cccc8c9ccccc9n(c6c5)c87)c5cccc2c53)c2cccc3c5ccccc5n4c32)cc1. The molecule has 4 nitrogen and oxygen atoms in total.